The molecule has 0 bridgehead atoms. The Kier molecular flexibility index (Phi) is 2.97. The van der Waals surface area contributed by atoms with Crippen LogP contribution in [0.4, 0.5) is 8.78 Å². The summed E-state index contributed by atoms with van der Waals surface area (Å²) in [6, 6.07) is -0.983. The smallest absolute Gasteiger partial charge is 0.269 e. The first-order valence-electron chi connectivity index (χ1n) is 6.58. The van der Waals surface area contributed by atoms with Crippen molar-refractivity contribution in [2.75, 3.05) is 0 Å². The van der Waals surface area contributed by atoms with E-state index in [4.69, 9.17) is 0 Å². The molecular weight excluding hydrogens is 271 g/mol. The van der Waals surface area contributed by atoms with E-state index in [1.165, 1.54) is 11.6 Å². The molecule has 0 saturated heterocycles. The third kappa shape index (κ3) is 2.10. The quantitative estimate of drug-likeness (QED) is 0.632. The van der Waals surface area contributed by atoms with E-state index in [-0.39, 0.29) is 29.6 Å². The molecule has 0 spiro atoms. The third-order valence-electron chi connectivity index (χ3n) is 3.89. The van der Waals surface area contributed by atoms with Gasteiger partial charge < -0.3 is 0 Å². The summed E-state index contributed by atoms with van der Waals surface area (Å²) >= 11 is 0. The molecule has 3 atom stereocenters. The molecule has 1 aromatic rings. The summed E-state index contributed by atoms with van der Waals surface area (Å²) in [5, 5.41) is 4.06. The van der Waals surface area contributed by atoms with Crippen LogP contribution in [0.5, 0.6) is 0 Å². The average molecular weight is 287 g/mol. The van der Waals surface area contributed by atoms with E-state index in [9.17, 15) is 13.6 Å². The van der Waals surface area contributed by atoms with Crippen molar-refractivity contribution in [1.82, 2.24) is 14.8 Å². The lowest BCUT2D eigenvalue weighted by Gasteiger charge is -2.22. The maximum absolute atomic E-state index is 13.9. The highest BCUT2D eigenvalue weighted by atomic mass is 31.0. The molecule has 2 aliphatic rings. The Morgan fingerprint density at radius 3 is 2.79 bits per heavy atom. The Hall–Kier alpha value is -0.900. The molecule has 0 N–H and O–H groups in total. The van der Waals surface area contributed by atoms with E-state index in [1.807, 2.05) is 0 Å². The highest BCUT2D eigenvalue weighted by Gasteiger charge is 2.47. The summed E-state index contributed by atoms with van der Waals surface area (Å²) in [4.78, 5) is 16.1. The number of aromatic nitrogens is 3. The van der Waals surface area contributed by atoms with E-state index >= 15 is 0 Å². The number of hydrogen-bond donors (Lipinski definition) is 0. The molecule has 0 aromatic carbocycles. The number of carbonyl (C=O) groups excluding carboxylic acids is 1. The summed E-state index contributed by atoms with van der Waals surface area (Å²) < 4.78 is 29.1. The first-order valence-corrected chi connectivity index (χ1v) is 7.24. The molecule has 1 fully saturated rings. The van der Waals surface area contributed by atoms with E-state index in [2.05, 4.69) is 19.3 Å². The van der Waals surface area contributed by atoms with Gasteiger partial charge in [-0.2, -0.15) is 0 Å². The third-order valence-corrected chi connectivity index (χ3v) is 4.46. The van der Waals surface area contributed by atoms with Crippen LogP contribution in [0, 0.1) is 5.92 Å². The highest BCUT2D eigenvalue weighted by molar-refractivity contribution is 7.17. The minimum Gasteiger partial charge on any atom is -0.290 e. The van der Waals surface area contributed by atoms with Gasteiger partial charge in [-0.05, 0) is 19.3 Å². The molecule has 4 nitrogen and oxygen atoms in total. The van der Waals surface area contributed by atoms with Crippen LogP contribution in [0.15, 0.2) is 0 Å². The standard InChI is InChI=1S/C12H16F2N3OP/c1-2-12(13,14)8-5-7(19)11-15-10(16-17(8)11)9(18)6-3-4-6/h6-8H,2-5,19H2,1H3. The SMILES string of the molecule is CCC(F)(F)C1CC(P)c2nc(C(=O)C3CC3)nn21. The summed E-state index contributed by atoms with van der Waals surface area (Å²) in [6.45, 7) is 1.46. The predicted octanol–water partition coefficient (Wildman–Crippen LogP) is 2.78. The van der Waals surface area contributed by atoms with Crippen molar-refractivity contribution in [1.29, 1.82) is 0 Å². The molecule has 3 unspecified atom stereocenters. The summed E-state index contributed by atoms with van der Waals surface area (Å²) in [5.41, 5.74) is -0.157. The van der Waals surface area contributed by atoms with Crippen LogP contribution in [-0.2, 0) is 0 Å². The minimum absolute atomic E-state index is 0.0104. The van der Waals surface area contributed by atoms with Crippen LogP contribution >= 0.6 is 9.24 Å². The molecule has 104 valence electrons. The van der Waals surface area contributed by atoms with Gasteiger partial charge in [0, 0.05) is 18.0 Å². The van der Waals surface area contributed by atoms with Crippen molar-refractivity contribution in [2.45, 2.75) is 50.2 Å². The molecule has 0 radical (unpaired) electrons. The van der Waals surface area contributed by atoms with Gasteiger partial charge in [0.05, 0.1) is 0 Å². The van der Waals surface area contributed by atoms with Crippen LogP contribution in [0.2, 0.25) is 0 Å². The number of ketones is 1. The fourth-order valence-corrected chi connectivity index (χ4v) is 2.97. The Labute approximate surface area is 112 Å². The maximum Gasteiger partial charge on any atom is 0.269 e. The van der Waals surface area contributed by atoms with E-state index in [0.717, 1.165) is 12.8 Å². The number of fused-ring (bicyclic) bond motifs is 1. The number of rotatable bonds is 4. The Balaban J connectivity index is 1.95. The fraction of sp³-hybridized carbons (Fsp3) is 0.750. The lowest BCUT2D eigenvalue weighted by Crippen LogP contribution is -2.29. The molecule has 0 amide bonds. The normalized spacial score (nSPS) is 26.5. The van der Waals surface area contributed by atoms with Gasteiger partial charge in [-0.15, -0.1) is 14.3 Å². The highest BCUT2D eigenvalue weighted by Crippen LogP contribution is 2.47. The molecule has 7 heteroatoms. The number of nitrogens with zero attached hydrogens (tertiary/aromatic N) is 3. The number of halogens is 2. The zero-order valence-corrected chi connectivity index (χ0v) is 11.8. The van der Waals surface area contributed by atoms with Crippen molar-refractivity contribution >= 4 is 15.0 Å². The van der Waals surface area contributed by atoms with Gasteiger partial charge in [0.25, 0.3) is 5.92 Å². The minimum atomic E-state index is -2.81. The van der Waals surface area contributed by atoms with Gasteiger partial charge in [0.1, 0.15) is 11.9 Å². The second-order valence-electron chi connectivity index (χ2n) is 5.35. The monoisotopic (exact) mass is 287 g/mol. The van der Waals surface area contributed by atoms with E-state index in [0.29, 0.717) is 12.2 Å². The second kappa shape index (κ2) is 4.30. The Bertz CT molecular complexity index is 527. The van der Waals surface area contributed by atoms with Crippen molar-refractivity contribution in [3.05, 3.63) is 11.6 Å². The molecule has 1 aliphatic carbocycles. The number of Topliss-reactive ketones (excluding diaryl/α,β-unsaturated/α-hetero) is 1. The first kappa shape index (κ1) is 13.1. The van der Waals surface area contributed by atoms with Gasteiger partial charge in [-0.3, -0.25) is 4.79 Å². The topological polar surface area (TPSA) is 47.8 Å². The zero-order valence-electron chi connectivity index (χ0n) is 10.6. The van der Waals surface area contributed by atoms with Crippen molar-refractivity contribution < 1.29 is 13.6 Å². The largest absolute Gasteiger partial charge is 0.290 e. The fourth-order valence-electron chi connectivity index (χ4n) is 2.48. The van der Waals surface area contributed by atoms with Gasteiger partial charge in [-0.25, -0.2) is 18.4 Å². The van der Waals surface area contributed by atoms with Crippen LogP contribution in [-0.4, -0.2) is 26.5 Å². The molecular formula is C12H16F2N3OP. The second-order valence-corrected chi connectivity index (χ2v) is 6.15. The number of alkyl halides is 2. The number of hydrogen-bond acceptors (Lipinski definition) is 3. The van der Waals surface area contributed by atoms with Gasteiger partial charge in [0.15, 0.2) is 0 Å². The maximum atomic E-state index is 13.9. The summed E-state index contributed by atoms with van der Waals surface area (Å²) in [7, 11) is 2.52. The van der Waals surface area contributed by atoms with E-state index in [1.54, 1.807) is 0 Å². The number of carbonyl (C=O) groups is 1. The summed E-state index contributed by atoms with van der Waals surface area (Å²) in [5.74, 6) is -2.30. The Morgan fingerprint density at radius 2 is 2.21 bits per heavy atom. The van der Waals surface area contributed by atoms with Crippen LogP contribution < -0.4 is 0 Å². The molecule has 2 heterocycles. The van der Waals surface area contributed by atoms with Crippen molar-refractivity contribution in [2.24, 2.45) is 5.92 Å². The van der Waals surface area contributed by atoms with Gasteiger partial charge in [0.2, 0.25) is 11.6 Å². The van der Waals surface area contributed by atoms with Crippen LogP contribution in [0.1, 0.15) is 60.8 Å². The first-order chi connectivity index (χ1) is 8.94. The lowest BCUT2D eigenvalue weighted by atomic mass is 10.1. The zero-order chi connectivity index (χ0) is 13.8. The average Bonchev–Trinajstić information content (AvgIpc) is 3.05. The van der Waals surface area contributed by atoms with Crippen molar-refractivity contribution in [3.8, 4) is 0 Å². The predicted molar refractivity (Wildman–Crippen MR) is 68.4 cm³/mol. The molecule has 19 heavy (non-hydrogen) atoms. The lowest BCUT2D eigenvalue weighted by molar-refractivity contribution is -0.0556. The summed E-state index contributed by atoms with van der Waals surface area (Å²) in [6.07, 6.45) is 1.79. The molecule has 1 saturated carbocycles. The van der Waals surface area contributed by atoms with Gasteiger partial charge in [-0.1, -0.05) is 6.92 Å². The molecule has 1 aliphatic heterocycles. The molecule has 3 rings (SSSR count). The van der Waals surface area contributed by atoms with Crippen molar-refractivity contribution in [3.63, 3.8) is 0 Å². The Morgan fingerprint density at radius 1 is 1.53 bits per heavy atom. The van der Waals surface area contributed by atoms with Gasteiger partial charge >= 0.3 is 0 Å². The van der Waals surface area contributed by atoms with E-state index < -0.39 is 12.0 Å². The van der Waals surface area contributed by atoms with Crippen LogP contribution in [0.25, 0.3) is 0 Å². The van der Waals surface area contributed by atoms with Crippen LogP contribution in [0.3, 0.4) is 0 Å². The molecule has 1 aromatic heterocycles.